The standard InChI is InChI=1S/C15H14ClNO2/c1-2-13-8-12(9-14(16)17-13)15(18)19-10-11-6-4-3-5-7-11/h3-9H,2,10H2,1H3. The van der Waals surface area contributed by atoms with E-state index in [-0.39, 0.29) is 12.6 Å². The maximum absolute atomic E-state index is 11.9. The average Bonchev–Trinajstić information content (AvgIpc) is 2.45. The number of aromatic nitrogens is 1. The van der Waals surface area contributed by atoms with Gasteiger partial charge in [-0.05, 0) is 24.1 Å². The zero-order valence-corrected chi connectivity index (χ0v) is 11.4. The van der Waals surface area contributed by atoms with Gasteiger partial charge in [-0.3, -0.25) is 0 Å². The third-order valence-electron chi connectivity index (χ3n) is 2.66. The molecule has 0 radical (unpaired) electrons. The predicted octanol–water partition coefficient (Wildman–Crippen LogP) is 3.65. The van der Waals surface area contributed by atoms with Gasteiger partial charge in [0.05, 0.1) is 5.56 Å². The molecule has 0 spiro atoms. The lowest BCUT2D eigenvalue weighted by molar-refractivity contribution is 0.0472. The summed E-state index contributed by atoms with van der Waals surface area (Å²) in [6.45, 7) is 2.21. The topological polar surface area (TPSA) is 39.2 Å². The third-order valence-corrected chi connectivity index (χ3v) is 2.85. The number of hydrogen-bond donors (Lipinski definition) is 0. The van der Waals surface area contributed by atoms with E-state index in [9.17, 15) is 4.79 Å². The van der Waals surface area contributed by atoms with Crippen molar-refractivity contribution in [2.45, 2.75) is 20.0 Å². The van der Waals surface area contributed by atoms with E-state index in [1.165, 1.54) is 6.07 Å². The highest BCUT2D eigenvalue weighted by Crippen LogP contribution is 2.13. The lowest BCUT2D eigenvalue weighted by Crippen LogP contribution is -2.06. The van der Waals surface area contributed by atoms with Crippen LogP contribution >= 0.6 is 11.6 Å². The van der Waals surface area contributed by atoms with Crippen molar-refractivity contribution in [2.24, 2.45) is 0 Å². The van der Waals surface area contributed by atoms with Crippen LogP contribution in [0.15, 0.2) is 42.5 Å². The van der Waals surface area contributed by atoms with E-state index in [0.717, 1.165) is 17.7 Å². The summed E-state index contributed by atoms with van der Waals surface area (Å²) in [5, 5.41) is 0.311. The van der Waals surface area contributed by atoms with Crippen LogP contribution in [0.5, 0.6) is 0 Å². The second-order valence-corrected chi connectivity index (χ2v) is 4.47. The van der Waals surface area contributed by atoms with E-state index >= 15 is 0 Å². The molecule has 0 saturated heterocycles. The number of hydrogen-bond acceptors (Lipinski definition) is 3. The van der Waals surface area contributed by atoms with Gasteiger partial charge in [0.15, 0.2) is 0 Å². The second-order valence-electron chi connectivity index (χ2n) is 4.09. The minimum atomic E-state index is -0.386. The number of carbonyl (C=O) groups is 1. The quantitative estimate of drug-likeness (QED) is 0.631. The van der Waals surface area contributed by atoms with Crippen molar-refractivity contribution in [3.8, 4) is 0 Å². The van der Waals surface area contributed by atoms with Gasteiger partial charge in [0.25, 0.3) is 0 Å². The predicted molar refractivity (Wildman–Crippen MR) is 74.2 cm³/mol. The highest BCUT2D eigenvalue weighted by atomic mass is 35.5. The van der Waals surface area contributed by atoms with Gasteiger partial charge in [-0.15, -0.1) is 0 Å². The van der Waals surface area contributed by atoms with Crippen molar-refractivity contribution in [3.63, 3.8) is 0 Å². The Morgan fingerprint density at radius 1 is 1.26 bits per heavy atom. The van der Waals surface area contributed by atoms with Crippen LogP contribution in [0.25, 0.3) is 0 Å². The highest BCUT2D eigenvalue weighted by molar-refractivity contribution is 6.29. The van der Waals surface area contributed by atoms with E-state index in [2.05, 4.69) is 4.98 Å². The van der Waals surface area contributed by atoms with Gasteiger partial charge < -0.3 is 4.74 Å². The van der Waals surface area contributed by atoms with Crippen LogP contribution in [-0.2, 0) is 17.8 Å². The summed E-state index contributed by atoms with van der Waals surface area (Å²) >= 11 is 5.87. The van der Waals surface area contributed by atoms with Crippen LogP contribution in [0.3, 0.4) is 0 Å². The fraction of sp³-hybridized carbons (Fsp3) is 0.200. The molecule has 2 rings (SSSR count). The molecule has 98 valence electrons. The van der Waals surface area contributed by atoms with E-state index in [1.807, 2.05) is 37.3 Å². The van der Waals surface area contributed by atoms with Gasteiger partial charge in [0.2, 0.25) is 0 Å². The fourth-order valence-electron chi connectivity index (χ4n) is 1.66. The average molecular weight is 276 g/mol. The number of rotatable bonds is 4. The Bertz CT molecular complexity index is 570. The highest BCUT2D eigenvalue weighted by Gasteiger charge is 2.10. The van der Waals surface area contributed by atoms with Crippen molar-refractivity contribution >= 4 is 17.6 Å². The summed E-state index contributed by atoms with van der Waals surface area (Å²) in [6, 6.07) is 12.8. The Kier molecular flexibility index (Phi) is 4.53. The summed E-state index contributed by atoms with van der Waals surface area (Å²) in [7, 11) is 0. The minimum Gasteiger partial charge on any atom is -0.457 e. The maximum Gasteiger partial charge on any atom is 0.338 e. The van der Waals surface area contributed by atoms with Crippen LogP contribution in [-0.4, -0.2) is 11.0 Å². The molecular weight excluding hydrogens is 262 g/mol. The molecular formula is C15H14ClNO2. The van der Waals surface area contributed by atoms with E-state index in [1.54, 1.807) is 6.07 Å². The number of halogens is 1. The SMILES string of the molecule is CCc1cc(C(=O)OCc2ccccc2)cc(Cl)n1. The van der Waals surface area contributed by atoms with Crippen LogP contribution in [0.2, 0.25) is 5.15 Å². The summed E-state index contributed by atoms with van der Waals surface area (Å²) in [5.74, 6) is -0.386. The minimum absolute atomic E-state index is 0.251. The van der Waals surface area contributed by atoms with Gasteiger partial charge in [-0.2, -0.15) is 0 Å². The molecule has 0 aliphatic carbocycles. The molecule has 0 aliphatic heterocycles. The molecule has 1 heterocycles. The number of pyridine rings is 1. The Hall–Kier alpha value is -1.87. The van der Waals surface area contributed by atoms with E-state index < -0.39 is 0 Å². The molecule has 0 N–H and O–H groups in total. The molecule has 3 nitrogen and oxygen atoms in total. The fourth-order valence-corrected chi connectivity index (χ4v) is 1.88. The first-order valence-electron chi connectivity index (χ1n) is 6.06. The molecule has 4 heteroatoms. The zero-order chi connectivity index (χ0) is 13.7. The van der Waals surface area contributed by atoms with Gasteiger partial charge in [-0.25, -0.2) is 9.78 Å². The first kappa shape index (κ1) is 13.6. The number of carbonyl (C=O) groups excluding carboxylic acids is 1. The summed E-state index contributed by atoms with van der Waals surface area (Å²) in [5.41, 5.74) is 2.17. The summed E-state index contributed by atoms with van der Waals surface area (Å²) in [6.07, 6.45) is 0.722. The van der Waals surface area contributed by atoms with Crippen molar-refractivity contribution in [2.75, 3.05) is 0 Å². The summed E-state index contributed by atoms with van der Waals surface area (Å²) in [4.78, 5) is 16.0. The molecule has 0 bridgehead atoms. The smallest absolute Gasteiger partial charge is 0.338 e. The Balaban J connectivity index is 2.06. The lowest BCUT2D eigenvalue weighted by atomic mass is 10.2. The second kappa shape index (κ2) is 6.34. The number of nitrogens with zero attached hydrogens (tertiary/aromatic N) is 1. The van der Waals surface area contributed by atoms with Crippen LogP contribution in [0, 0.1) is 0 Å². The van der Waals surface area contributed by atoms with Crippen LogP contribution in [0.1, 0.15) is 28.5 Å². The first-order valence-corrected chi connectivity index (χ1v) is 6.44. The van der Waals surface area contributed by atoms with Crippen molar-refractivity contribution in [1.29, 1.82) is 0 Å². The van der Waals surface area contributed by atoms with Crippen molar-refractivity contribution in [1.82, 2.24) is 4.98 Å². The molecule has 1 aromatic carbocycles. The van der Waals surface area contributed by atoms with E-state index in [0.29, 0.717) is 10.7 Å². The monoisotopic (exact) mass is 275 g/mol. The zero-order valence-electron chi connectivity index (χ0n) is 10.6. The van der Waals surface area contributed by atoms with Gasteiger partial charge in [0.1, 0.15) is 11.8 Å². The molecule has 0 aliphatic rings. The Labute approximate surface area is 117 Å². The number of esters is 1. The molecule has 0 atom stereocenters. The lowest BCUT2D eigenvalue weighted by Gasteiger charge is -2.06. The van der Waals surface area contributed by atoms with Gasteiger partial charge in [0, 0.05) is 5.69 Å². The van der Waals surface area contributed by atoms with Crippen molar-refractivity contribution < 1.29 is 9.53 Å². The maximum atomic E-state index is 11.9. The van der Waals surface area contributed by atoms with Gasteiger partial charge in [-0.1, -0.05) is 48.9 Å². The van der Waals surface area contributed by atoms with E-state index in [4.69, 9.17) is 16.3 Å². The number of aryl methyl sites for hydroxylation is 1. The Morgan fingerprint density at radius 3 is 2.68 bits per heavy atom. The first-order chi connectivity index (χ1) is 9.19. The molecule has 0 saturated carbocycles. The van der Waals surface area contributed by atoms with Crippen LogP contribution in [0.4, 0.5) is 0 Å². The molecule has 2 aromatic rings. The molecule has 1 aromatic heterocycles. The molecule has 0 unspecified atom stereocenters. The normalized spacial score (nSPS) is 10.2. The summed E-state index contributed by atoms with van der Waals surface area (Å²) < 4.78 is 5.24. The number of ether oxygens (including phenoxy) is 1. The van der Waals surface area contributed by atoms with Crippen molar-refractivity contribution in [3.05, 3.63) is 64.4 Å². The molecule has 19 heavy (non-hydrogen) atoms. The third kappa shape index (κ3) is 3.80. The van der Waals surface area contributed by atoms with Crippen LogP contribution < -0.4 is 0 Å². The molecule has 0 fully saturated rings. The molecule has 0 amide bonds. The van der Waals surface area contributed by atoms with Gasteiger partial charge >= 0.3 is 5.97 Å². The number of benzene rings is 1. The largest absolute Gasteiger partial charge is 0.457 e. The Morgan fingerprint density at radius 2 is 2.00 bits per heavy atom.